The Morgan fingerprint density at radius 1 is 0.763 bits per heavy atom. The Labute approximate surface area is 220 Å². The molecule has 1 heterocycles. The van der Waals surface area contributed by atoms with Gasteiger partial charge in [-0.3, -0.25) is 4.90 Å². The Balaban J connectivity index is 0.000000599. The predicted octanol–water partition coefficient (Wildman–Crippen LogP) is 2.53. The van der Waals surface area contributed by atoms with E-state index in [4.69, 9.17) is 34.0 Å². The Bertz CT molecular complexity index is 1390. The van der Waals surface area contributed by atoms with E-state index in [1.54, 1.807) is 37.8 Å². The predicted molar refractivity (Wildman–Crippen MR) is 139 cm³/mol. The van der Waals surface area contributed by atoms with Crippen molar-refractivity contribution in [3.8, 4) is 17.2 Å². The number of carboxylic acids is 2. The van der Waals surface area contributed by atoms with Crippen LogP contribution >= 0.6 is 0 Å². The van der Waals surface area contributed by atoms with E-state index < -0.39 is 22.0 Å². The normalized spacial score (nSPS) is 14.3. The SMILES string of the molecule is COc1cc(OC)c(OC)cc1CN1CCN(S(=O)(=O)c2ccc3ccccc3c2)CC1.O=C(O)C(=O)O. The maximum atomic E-state index is 13.2. The molecule has 11 nitrogen and oxygen atoms in total. The molecule has 38 heavy (non-hydrogen) atoms. The third-order valence-corrected chi connectivity index (χ3v) is 7.95. The molecule has 0 unspecified atom stereocenters. The van der Waals surface area contributed by atoms with Crippen molar-refractivity contribution in [2.75, 3.05) is 47.5 Å². The largest absolute Gasteiger partial charge is 0.496 e. The number of hydrogen-bond donors (Lipinski definition) is 2. The highest BCUT2D eigenvalue weighted by Gasteiger charge is 2.29. The van der Waals surface area contributed by atoms with Crippen LogP contribution < -0.4 is 14.2 Å². The van der Waals surface area contributed by atoms with E-state index in [1.807, 2.05) is 42.5 Å². The van der Waals surface area contributed by atoms with Crippen LogP contribution in [0.5, 0.6) is 17.2 Å². The maximum Gasteiger partial charge on any atom is 0.414 e. The summed E-state index contributed by atoms with van der Waals surface area (Å²) < 4.78 is 44.3. The number of aliphatic carboxylic acids is 2. The second kappa shape index (κ2) is 12.6. The molecule has 0 aromatic heterocycles. The van der Waals surface area contributed by atoms with Crippen LogP contribution in [0.3, 0.4) is 0 Å². The summed E-state index contributed by atoms with van der Waals surface area (Å²) in [6, 6.07) is 16.8. The third kappa shape index (κ3) is 6.71. The molecule has 204 valence electrons. The highest BCUT2D eigenvalue weighted by Crippen LogP contribution is 2.35. The van der Waals surface area contributed by atoms with Crippen molar-refractivity contribution in [2.24, 2.45) is 0 Å². The van der Waals surface area contributed by atoms with Crippen molar-refractivity contribution in [2.45, 2.75) is 11.4 Å². The van der Waals surface area contributed by atoms with Gasteiger partial charge >= 0.3 is 11.9 Å². The molecule has 1 fully saturated rings. The molecule has 12 heteroatoms. The van der Waals surface area contributed by atoms with Gasteiger partial charge in [-0.15, -0.1) is 0 Å². The van der Waals surface area contributed by atoms with E-state index >= 15 is 0 Å². The Morgan fingerprint density at radius 2 is 1.32 bits per heavy atom. The van der Waals surface area contributed by atoms with E-state index in [2.05, 4.69) is 4.90 Å². The number of ether oxygens (including phenoxy) is 3. The molecule has 0 bridgehead atoms. The summed E-state index contributed by atoms with van der Waals surface area (Å²) in [5.41, 5.74) is 0.969. The second-order valence-corrected chi connectivity index (χ2v) is 10.3. The van der Waals surface area contributed by atoms with Crippen LogP contribution in [0.15, 0.2) is 59.5 Å². The number of nitrogens with zero attached hydrogens (tertiary/aromatic N) is 2. The van der Waals surface area contributed by atoms with E-state index in [-0.39, 0.29) is 0 Å². The molecule has 0 amide bonds. The maximum absolute atomic E-state index is 13.2. The number of piperazine rings is 1. The molecular weight excluding hydrogens is 516 g/mol. The number of carbonyl (C=O) groups is 2. The van der Waals surface area contributed by atoms with E-state index in [9.17, 15) is 8.42 Å². The van der Waals surface area contributed by atoms with Gasteiger partial charge in [0.05, 0.1) is 26.2 Å². The molecule has 3 aromatic carbocycles. The van der Waals surface area contributed by atoms with Crippen molar-refractivity contribution in [1.29, 1.82) is 0 Å². The van der Waals surface area contributed by atoms with Crippen LogP contribution in [-0.4, -0.2) is 87.3 Å². The first-order valence-electron chi connectivity index (χ1n) is 11.6. The minimum atomic E-state index is -3.54. The minimum absolute atomic E-state index is 0.339. The first-order chi connectivity index (χ1) is 18.1. The molecule has 4 rings (SSSR count). The lowest BCUT2D eigenvalue weighted by atomic mass is 10.1. The third-order valence-electron chi connectivity index (χ3n) is 6.05. The zero-order chi connectivity index (χ0) is 27.9. The number of benzene rings is 3. The van der Waals surface area contributed by atoms with Gasteiger partial charge in [0.1, 0.15) is 5.75 Å². The summed E-state index contributed by atoms with van der Waals surface area (Å²) >= 11 is 0. The van der Waals surface area contributed by atoms with Gasteiger partial charge in [-0.05, 0) is 29.0 Å². The zero-order valence-electron chi connectivity index (χ0n) is 21.3. The number of carboxylic acid groups (broad SMARTS) is 2. The van der Waals surface area contributed by atoms with Crippen molar-refractivity contribution >= 4 is 32.7 Å². The average molecular weight is 547 g/mol. The van der Waals surface area contributed by atoms with E-state index in [0.717, 1.165) is 16.3 Å². The number of hydrogen-bond acceptors (Lipinski definition) is 8. The van der Waals surface area contributed by atoms with Gasteiger partial charge in [0.25, 0.3) is 0 Å². The first-order valence-corrected chi connectivity index (χ1v) is 13.0. The monoisotopic (exact) mass is 546 g/mol. The topological polar surface area (TPSA) is 143 Å². The van der Waals surface area contributed by atoms with Crippen LogP contribution in [0.1, 0.15) is 5.56 Å². The fraction of sp³-hybridized carbons (Fsp3) is 0.308. The van der Waals surface area contributed by atoms with Gasteiger partial charge in [-0.25, -0.2) is 18.0 Å². The summed E-state index contributed by atoms with van der Waals surface area (Å²) in [5.74, 6) is -1.68. The Kier molecular flexibility index (Phi) is 9.50. The van der Waals surface area contributed by atoms with Crippen molar-refractivity contribution in [3.05, 3.63) is 60.2 Å². The molecule has 0 saturated carbocycles. The number of rotatable bonds is 7. The summed E-state index contributed by atoms with van der Waals surface area (Å²) in [7, 11) is 1.28. The summed E-state index contributed by atoms with van der Waals surface area (Å²) in [4.78, 5) is 20.8. The lowest BCUT2D eigenvalue weighted by molar-refractivity contribution is -0.159. The second-order valence-electron chi connectivity index (χ2n) is 8.32. The van der Waals surface area contributed by atoms with Crippen LogP contribution in [0.4, 0.5) is 0 Å². The van der Waals surface area contributed by atoms with E-state index in [0.29, 0.717) is 54.9 Å². The average Bonchev–Trinajstić information content (AvgIpc) is 2.93. The first kappa shape index (κ1) is 28.7. The molecule has 0 atom stereocenters. The van der Waals surface area contributed by atoms with Crippen molar-refractivity contribution in [3.63, 3.8) is 0 Å². The van der Waals surface area contributed by atoms with Gasteiger partial charge in [0.2, 0.25) is 10.0 Å². The summed E-state index contributed by atoms with van der Waals surface area (Å²) in [5, 5.41) is 16.7. The smallest absolute Gasteiger partial charge is 0.414 e. The molecule has 1 aliphatic heterocycles. The van der Waals surface area contributed by atoms with Crippen molar-refractivity contribution in [1.82, 2.24) is 9.21 Å². The van der Waals surface area contributed by atoms with Gasteiger partial charge in [-0.2, -0.15) is 4.31 Å². The van der Waals surface area contributed by atoms with E-state index in [1.165, 1.54) is 0 Å². The summed E-state index contributed by atoms with van der Waals surface area (Å²) in [6.45, 7) is 2.76. The van der Waals surface area contributed by atoms with Gasteiger partial charge < -0.3 is 24.4 Å². The molecule has 3 aromatic rings. The van der Waals surface area contributed by atoms with Crippen LogP contribution in [0.25, 0.3) is 10.8 Å². The number of fused-ring (bicyclic) bond motifs is 1. The molecule has 0 radical (unpaired) electrons. The highest BCUT2D eigenvalue weighted by molar-refractivity contribution is 7.89. The molecule has 0 aliphatic carbocycles. The summed E-state index contributed by atoms with van der Waals surface area (Å²) in [6.07, 6.45) is 0. The zero-order valence-corrected chi connectivity index (χ0v) is 22.1. The lowest BCUT2D eigenvalue weighted by Crippen LogP contribution is -2.48. The standard InChI is InChI=1S/C24H28N2O5S.C2H2O4/c1-29-22-16-24(31-3)23(30-2)15-20(22)17-25-10-12-26(13-11-25)32(27,28)21-9-8-18-6-4-5-7-19(18)14-21;3-1(4)2(5)6/h4-9,14-16H,10-13,17H2,1-3H3;(H,3,4)(H,5,6). The molecule has 1 saturated heterocycles. The minimum Gasteiger partial charge on any atom is -0.496 e. The quantitative estimate of drug-likeness (QED) is 0.424. The van der Waals surface area contributed by atoms with Crippen LogP contribution in [0, 0.1) is 0 Å². The Hall–Kier alpha value is -3.87. The fourth-order valence-corrected chi connectivity index (χ4v) is 5.52. The molecular formula is C26H30N2O9S. The van der Waals surface area contributed by atoms with Gasteiger partial charge in [0, 0.05) is 44.4 Å². The molecule has 2 N–H and O–H groups in total. The van der Waals surface area contributed by atoms with Crippen LogP contribution in [0.2, 0.25) is 0 Å². The van der Waals surface area contributed by atoms with Crippen molar-refractivity contribution < 1.29 is 42.4 Å². The van der Waals surface area contributed by atoms with Crippen LogP contribution in [-0.2, 0) is 26.2 Å². The number of sulfonamides is 1. The Morgan fingerprint density at radius 3 is 1.87 bits per heavy atom. The molecule has 0 spiro atoms. The molecule has 1 aliphatic rings. The fourth-order valence-electron chi connectivity index (χ4n) is 4.06. The highest BCUT2D eigenvalue weighted by atomic mass is 32.2. The van der Waals surface area contributed by atoms with Gasteiger partial charge in [-0.1, -0.05) is 30.3 Å². The lowest BCUT2D eigenvalue weighted by Gasteiger charge is -2.34. The number of methoxy groups -OCH3 is 3. The van der Waals surface area contributed by atoms with Gasteiger partial charge in [0.15, 0.2) is 11.5 Å².